The fraction of sp³-hybridized carbons (Fsp3) is 0.235. The Bertz CT molecular complexity index is 860. The van der Waals surface area contributed by atoms with E-state index >= 15 is 0 Å². The number of pyridine rings is 1. The van der Waals surface area contributed by atoms with Crippen LogP contribution in [0, 0.1) is 5.82 Å². The molecule has 2 aromatic rings. The lowest BCUT2D eigenvalue weighted by Gasteiger charge is -2.24. The molecule has 10 heteroatoms. The summed E-state index contributed by atoms with van der Waals surface area (Å²) in [6, 6.07) is 6.86. The number of nitrogens with two attached hydrogens (primary N) is 1. The molecule has 1 saturated heterocycles. The van der Waals surface area contributed by atoms with Crippen molar-refractivity contribution in [3.63, 3.8) is 0 Å². The molecular formula is C17H17Cl2FN4O3. The van der Waals surface area contributed by atoms with Crippen LogP contribution in [-0.2, 0) is 4.74 Å². The Kier molecular flexibility index (Phi) is 7.09. The molecule has 0 aliphatic carbocycles. The fourth-order valence-corrected chi connectivity index (χ4v) is 2.80. The Hall–Kier alpha value is -2.26. The molecule has 2 amide bonds. The van der Waals surface area contributed by atoms with Crippen LogP contribution in [0.2, 0.25) is 5.15 Å². The molecule has 1 fully saturated rings. The third-order valence-electron chi connectivity index (χ3n) is 3.84. The Morgan fingerprint density at radius 1 is 1.33 bits per heavy atom. The second-order valence-electron chi connectivity index (χ2n) is 5.68. The van der Waals surface area contributed by atoms with E-state index in [0.717, 1.165) is 6.54 Å². The van der Waals surface area contributed by atoms with Crippen LogP contribution in [0.5, 0.6) is 0 Å². The van der Waals surface area contributed by atoms with E-state index in [1.54, 1.807) is 12.1 Å². The highest BCUT2D eigenvalue weighted by atomic mass is 35.5. The molecule has 7 nitrogen and oxygen atoms in total. The summed E-state index contributed by atoms with van der Waals surface area (Å²) in [4.78, 5) is 27.3. The molecule has 144 valence electrons. The third-order valence-corrected chi connectivity index (χ3v) is 4.04. The molecule has 0 bridgehead atoms. The van der Waals surface area contributed by atoms with Crippen LogP contribution in [0.4, 0.5) is 10.1 Å². The van der Waals surface area contributed by atoms with Gasteiger partial charge in [0.25, 0.3) is 11.8 Å². The zero-order valence-corrected chi connectivity index (χ0v) is 15.6. The molecule has 1 aromatic heterocycles. The minimum Gasteiger partial charge on any atom is -0.371 e. The number of carbonyl (C=O) groups excluding carboxylic acids is 2. The summed E-state index contributed by atoms with van der Waals surface area (Å²) in [7, 11) is 0. The molecule has 4 N–H and O–H groups in total. The van der Waals surface area contributed by atoms with Crippen molar-refractivity contribution in [3.05, 3.63) is 58.1 Å². The second-order valence-corrected chi connectivity index (χ2v) is 6.07. The van der Waals surface area contributed by atoms with E-state index < -0.39 is 17.6 Å². The Morgan fingerprint density at radius 2 is 2.11 bits per heavy atom. The number of hydrogen-bond donors (Lipinski definition) is 3. The van der Waals surface area contributed by atoms with Crippen LogP contribution < -0.4 is 16.4 Å². The molecule has 0 saturated carbocycles. The average Bonchev–Trinajstić information content (AvgIpc) is 2.62. The van der Waals surface area contributed by atoms with Gasteiger partial charge < -0.3 is 21.1 Å². The molecule has 1 aliphatic rings. The molecular weight excluding hydrogens is 398 g/mol. The average molecular weight is 415 g/mol. The summed E-state index contributed by atoms with van der Waals surface area (Å²) in [5.41, 5.74) is 5.78. The van der Waals surface area contributed by atoms with E-state index in [2.05, 4.69) is 15.6 Å². The van der Waals surface area contributed by atoms with E-state index in [1.165, 1.54) is 18.2 Å². The molecule has 1 atom stereocenters. The normalized spacial score (nSPS) is 16.3. The van der Waals surface area contributed by atoms with Gasteiger partial charge in [-0.1, -0.05) is 17.7 Å². The van der Waals surface area contributed by atoms with Crippen LogP contribution in [0.15, 0.2) is 30.3 Å². The van der Waals surface area contributed by atoms with Crippen LogP contribution >= 0.6 is 24.0 Å². The summed E-state index contributed by atoms with van der Waals surface area (Å²) in [5.74, 6) is -1.86. The molecule has 1 aliphatic heterocycles. The fourth-order valence-electron chi connectivity index (χ4n) is 2.59. The van der Waals surface area contributed by atoms with Gasteiger partial charge in [0, 0.05) is 29.9 Å². The monoisotopic (exact) mass is 414 g/mol. The van der Waals surface area contributed by atoms with E-state index in [1.807, 2.05) is 0 Å². The third kappa shape index (κ3) is 5.14. The summed E-state index contributed by atoms with van der Waals surface area (Å²) in [5, 5.41) is 5.63. The number of aromatic nitrogens is 1. The van der Waals surface area contributed by atoms with Crippen molar-refractivity contribution >= 4 is 41.5 Å². The number of nitrogens with one attached hydrogen (secondary N) is 2. The number of ether oxygens (including phenoxy) is 1. The number of hydrogen-bond acceptors (Lipinski definition) is 5. The number of primary amides is 1. The maximum Gasteiger partial charge on any atom is 0.267 e. The number of benzene rings is 1. The van der Waals surface area contributed by atoms with Crippen LogP contribution in [0.25, 0.3) is 0 Å². The first-order valence-corrected chi connectivity index (χ1v) is 8.22. The molecule has 2 heterocycles. The van der Waals surface area contributed by atoms with Gasteiger partial charge in [0.2, 0.25) is 0 Å². The molecule has 1 aromatic carbocycles. The van der Waals surface area contributed by atoms with E-state index in [-0.39, 0.29) is 40.6 Å². The predicted molar refractivity (Wildman–Crippen MR) is 101 cm³/mol. The van der Waals surface area contributed by atoms with Gasteiger partial charge in [-0.25, -0.2) is 9.37 Å². The lowest BCUT2D eigenvalue weighted by atomic mass is 10.1. The van der Waals surface area contributed by atoms with Crippen molar-refractivity contribution < 1.29 is 18.7 Å². The summed E-state index contributed by atoms with van der Waals surface area (Å²) in [6.07, 6.45) is -0.370. The highest BCUT2D eigenvalue weighted by Crippen LogP contribution is 2.24. The van der Waals surface area contributed by atoms with Gasteiger partial charge >= 0.3 is 0 Å². The molecule has 0 unspecified atom stereocenters. The van der Waals surface area contributed by atoms with E-state index in [9.17, 15) is 14.0 Å². The highest BCUT2D eigenvalue weighted by Gasteiger charge is 2.20. The SMILES string of the molecule is Cl.NC(=O)c1cc(C(=O)Nc2ccc([C@H]3CNCCO3)c(F)c2)cc(Cl)n1. The predicted octanol–water partition coefficient (Wildman–Crippen LogP) is 2.31. The largest absolute Gasteiger partial charge is 0.371 e. The Morgan fingerprint density at radius 3 is 2.74 bits per heavy atom. The first kappa shape index (κ1) is 21.0. The molecule has 0 radical (unpaired) electrons. The maximum absolute atomic E-state index is 14.4. The minimum absolute atomic E-state index is 0. The standard InChI is InChI=1S/C17H16ClFN4O3.ClH/c18-15-6-9(5-13(23-15)16(20)24)17(25)22-10-1-2-11(12(19)7-10)14-8-21-3-4-26-14;/h1-2,5-7,14,21H,3-4,8H2,(H2,20,24)(H,22,25);1H/t14-;/m1./s1. The number of anilines is 1. The molecule has 27 heavy (non-hydrogen) atoms. The summed E-state index contributed by atoms with van der Waals surface area (Å²) < 4.78 is 19.9. The smallest absolute Gasteiger partial charge is 0.267 e. The quantitative estimate of drug-likeness (QED) is 0.665. The molecule has 0 spiro atoms. The first-order chi connectivity index (χ1) is 12.4. The number of halogens is 3. The topological polar surface area (TPSA) is 106 Å². The van der Waals surface area contributed by atoms with Crippen molar-refractivity contribution in [1.82, 2.24) is 10.3 Å². The van der Waals surface area contributed by atoms with Gasteiger partial charge in [-0.2, -0.15) is 0 Å². The zero-order valence-electron chi connectivity index (χ0n) is 14.0. The van der Waals surface area contributed by atoms with Gasteiger partial charge in [0.15, 0.2) is 0 Å². The molecule has 3 rings (SSSR count). The number of amides is 2. The van der Waals surface area contributed by atoms with Crippen LogP contribution in [-0.4, -0.2) is 36.5 Å². The van der Waals surface area contributed by atoms with Gasteiger partial charge in [-0.3, -0.25) is 9.59 Å². The lowest BCUT2D eigenvalue weighted by Crippen LogP contribution is -2.33. The first-order valence-electron chi connectivity index (χ1n) is 7.84. The van der Waals surface area contributed by atoms with Crippen molar-refractivity contribution in [3.8, 4) is 0 Å². The van der Waals surface area contributed by atoms with Gasteiger partial charge in [-0.05, 0) is 24.3 Å². The van der Waals surface area contributed by atoms with Gasteiger partial charge in [0.1, 0.15) is 16.7 Å². The van der Waals surface area contributed by atoms with Crippen LogP contribution in [0.3, 0.4) is 0 Å². The highest BCUT2D eigenvalue weighted by molar-refractivity contribution is 6.30. The number of rotatable bonds is 4. The van der Waals surface area contributed by atoms with E-state index in [4.69, 9.17) is 22.1 Å². The van der Waals surface area contributed by atoms with Crippen molar-refractivity contribution in [2.45, 2.75) is 6.10 Å². The van der Waals surface area contributed by atoms with Crippen molar-refractivity contribution in [1.29, 1.82) is 0 Å². The number of carbonyl (C=O) groups is 2. The number of morpholine rings is 1. The van der Waals surface area contributed by atoms with E-state index in [0.29, 0.717) is 18.7 Å². The Balaban J connectivity index is 0.00000261. The van der Waals surface area contributed by atoms with Crippen LogP contribution in [0.1, 0.15) is 32.5 Å². The van der Waals surface area contributed by atoms with Gasteiger partial charge in [-0.15, -0.1) is 12.4 Å². The summed E-state index contributed by atoms with van der Waals surface area (Å²) in [6.45, 7) is 1.76. The van der Waals surface area contributed by atoms with Gasteiger partial charge in [0.05, 0.1) is 12.7 Å². The number of nitrogens with zero attached hydrogens (tertiary/aromatic N) is 1. The Labute approximate surface area is 165 Å². The minimum atomic E-state index is -0.807. The maximum atomic E-state index is 14.4. The zero-order chi connectivity index (χ0) is 18.7. The van der Waals surface area contributed by atoms with Crippen molar-refractivity contribution in [2.75, 3.05) is 25.0 Å². The second kappa shape index (κ2) is 9.09. The lowest BCUT2D eigenvalue weighted by molar-refractivity contribution is 0.0255. The van der Waals surface area contributed by atoms with Crippen molar-refractivity contribution in [2.24, 2.45) is 5.73 Å². The summed E-state index contributed by atoms with van der Waals surface area (Å²) >= 11 is 5.79.